The standard InChI is InChI=1S/C18H17N3O2/c22-18(23)14-6-5-12(9-15(14)11-3-1-2-4-11)13-7-8-19-16-10-20-21-17(13)16/h5-11H,1-4H2,(H,20,21)(H,22,23). The topological polar surface area (TPSA) is 78.9 Å². The molecule has 1 saturated carbocycles. The van der Waals surface area contributed by atoms with Crippen molar-refractivity contribution in [2.45, 2.75) is 31.6 Å². The Balaban J connectivity index is 1.88. The third-order valence-electron chi connectivity index (χ3n) is 4.73. The van der Waals surface area contributed by atoms with Gasteiger partial charge in [-0.3, -0.25) is 10.1 Å². The van der Waals surface area contributed by atoms with Gasteiger partial charge in [-0.25, -0.2) is 4.79 Å². The average Bonchev–Trinajstić information content (AvgIpc) is 3.25. The summed E-state index contributed by atoms with van der Waals surface area (Å²) in [5.41, 5.74) is 5.09. The molecule has 1 aliphatic rings. The van der Waals surface area contributed by atoms with E-state index in [1.54, 1.807) is 18.5 Å². The molecule has 5 heteroatoms. The molecule has 4 rings (SSSR count). The third kappa shape index (κ3) is 2.38. The molecule has 0 saturated heterocycles. The van der Waals surface area contributed by atoms with Crippen LogP contribution in [0.3, 0.4) is 0 Å². The molecule has 0 bridgehead atoms. The van der Waals surface area contributed by atoms with Crippen LogP contribution in [0.2, 0.25) is 0 Å². The molecule has 1 fully saturated rings. The van der Waals surface area contributed by atoms with Gasteiger partial charge in [-0.05, 0) is 48.1 Å². The Morgan fingerprint density at radius 3 is 2.83 bits per heavy atom. The van der Waals surface area contributed by atoms with E-state index in [9.17, 15) is 9.90 Å². The van der Waals surface area contributed by atoms with Crippen LogP contribution in [0.5, 0.6) is 0 Å². The molecule has 23 heavy (non-hydrogen) atoms. The number of H-pyrrole nitrogens is 1. The number of hydrogen-bond donors (Lipinski definition) is 2. The highest BCUT2D eigenvalue weighted by atomic mass is 16.4. The summed E-state index contributed by atoms with van der Waals surface area (Å²) in [6.45, 7) is 0. The smallest absolute Gasteiger partial charge is 0.335 e. The number of pyridine rings is 1. The number of carboxylic acids is 1. The van der Waals surface area contributed by atoms with Crippen molar-refractivity contribution >= 4 is 17.0 Å². The van der Waals surface area contributed by atoms with Crippen LogP contribution in [0, 0.1) is 0 Å². The summed E-state index contributed by atoms with van der Waals surface area (Å²) < 4.78 is 0. The van der Waals surface area contributed by atoms with Gasteiger partial charge in [0.25, 0.3) is 0 Å². The number of carbonyl (C=O) groups is 1. The molecule has 2 N–H and O–H groups in total. The minimum atomic E-state index is -0.847. The lowest BCUT2D eigenvalue weighted by molar-refractivity contribution is 0.0695. The van der Waals surface area contributed by atoms with Crippen molar-refractivity contribution in [2.75, 3.05) is 0 Å². The Morgan fingerprint density at radius 2 is 2.04 bits per heavy atom. The molecule has 1 aromatic carbocycles. The van der Waals surface area contributed by atoms with Gasteiger partial charge in [0, 0.05) is 11.8 Å². The van der Waals surface area contributed by atoms with E-state index in [1.165, 1.54) is 12.8 Å². The summed E-state index contributed by atoms with van der Waals surface area (Å²) >= 11 is 0. The molecule has 116 valence electrons. The molecule has 3 aromatic rings. The quantitative estimate of drug-likeness (QED) is 0.767. The largest absolute Gasteiger partial charge is 0.478 e. The monoisotopic (exact) mass is 307 g/mol. The summed E-state index contributed by atoms with van der Waals surface area (Å²) in [5.74, 6) is -0.500. The zero-order valence-corrected chi connectivity index (χ0v) is 12.6. The van der Waals surface area contributed by atoms with Crippen LogP contribution in [0.4, 0.5) is 0 Å². The Morgan fingerprint density at radius 1 is 1.22 bits per heavy atom. The maximum atomic E-state index is 11.6. The number of fused-ring (bicyclic) bond motifs is 1. The van der Waals surface area contributed by atoms with Crippen LogP contribution in [-0.4, -0.2) is 26.3 Å². The highest BCUT2D eigenvalue weighted by molar-refractivity contribution is 5.94. The van der Waals surface area contributed by atoms with Gasteiger partial charge < -0.3 is 5.11 Å². The zero-order valence-electron chi connectivity index (χ0n) is 12.6. The van der Waals surface area contributed by atoms with Gasteiger partial charge in [0.1, 0.15) is 5.52 Å². The fraction of sp³-hybridized carbons (Fsp3) is 0.278. The first kappa shape index (κ1) is 13.9. The van der Waals surface area contributed by atoms with Crippen LogP contribution in [-0.2, 0) is 0 Å². The molecule has 0 amide bonds. The Kier molecular flexibility index (Phi) is 3.33. The Labute approximate surface area is 133 Å². The van der Waals surface area contributed by atoms with E-state index in [4.69, 9.17) is 0 Å². The van der Waals surface area contributed by atoms with E-state index in [0.29, 0.717) is 11.5 Å². The lowest BCUT2D eigenvalue weighted by Crippen LogP contribution is -2.05. The van der Waals surface area contributed by atoms with Gasteiger partial charge in [-0.2, -0.15) is 5.10 Å². The van der Waals surface area contributed by atoms with Crippen molar-refractivity contribution in [1.29, 1.82) is 0 Å². The molecule has 2 aromatic heterocycles. The van der Waals surface area contributed by atoms with Crippen LogP contribution in [0.1, 0.15) is 47.5 Å². The number of aromatic carboxylic acids is 1. The molecule has 0 atom stereocenters. The number of benzene rings is 1. The lowest BCUT2D eigenvalue weighted by atomic mass is 9.89. The Bertz CT molecular complexity index is 879. The van der Waals surface area contributed by atoms with E-state index in [1.807, 2.05) is 18.2 Å². The normalized spacial score (nSPS) is 15.3. The fourth-order valence-electron chi connectivity index (χ4n) is 3.59. The highest BCUT2D eigenvalue weighted by Crippen LogP contribution is 2.38. The van der Waals surface area contributed by atoms with Gasteiger partial charge >= 0.3 is 5.97 Å². The van der Waals surface area contributed by atoms with Crippen LogP contribution in [0.15, 0.2) is 36.7 Å². The van der Waals surface area contributed by atoms with E-state index in [0.717, 1.165) is 40.6 Å². The summed E-state index contributed by atoms with van der Waals surface area (Å²) in [6.07, 6.45) is 7.94. The van der Waals surface area contributed by atoms with E-state index in [2.05, 4.69) is 15.2 Å². The van der Waals surface area contributed by atoms with Crippen molar-refractivity contribution in [1.82, 2.24) is 15.2 Å². The van der Waals surface area contributed by atoms with Crippen LogP contribution >= 0.6 is 0 Å². The number of carboxylic acid groups (broad SMARTS) is 1. The second-order valence-corrected chi connectivity index (χ2v) is 6.08. The third-order valence-corrected chi connectivity index (χ3v) is 4.73. The first-order chi connectivity index (χ1) is 11.2. The van der Waals surface area contributed by atoms with Gasteiger partial charge in [0.05, 0.1) is 17.3 Å². The van der Waals surface area contributed by atoms with Crippen molar-refractivity contribution in [3.8, 4) is 11.1 Å². The zero-order chi connectivity index (χ0) is 15.8. The predicted octanol–water partition coefficient (Wildman–Crippen LogP) is 3.98. The minimum absolute atomic E-state index is 0.347. The van der Waals surface area contributed by atoms with E-state index >= 15 is 0 Å². The molecule has 5 nitrogen and oxygen atoms in total. The molecule has 2 heterocycles. The minimum Gasteiger partial charge on any atom is -0.478 e. The van der Waals surface area contributed by atoms with Gasteiger partial charge in [-0.15, -0.1) is 0 Å². The number of aromatic amines is 1. The lowest BCUT2D eigenvalue weighted by Gasteiger charge is -2.15. The summed E-state index contributed by atoms with van der Waals surface area (Å²) in [7, 11) is 0. The fourth-order valence-corrected chi connectivity index (χ4v) is 3.59. The number of hydrogen-bond acceptors (Lipinski definition) is 3. The second-order valence-electron chi connectivity index (χ2n) is 6.08. The van der Waals surface area contributed by atoms with Crippen LogP contribution < -0.4 is 0 Å². The van der Waals surface area contributed by atoms with Gasteiger partial charge in [-0.1, -0.05) is 18.9 Å². The molecular weight excluding hydrogens is 290 g/mol. The number of aromatic nitrogens is 3. The average molecular weight is 307 g/mol. The van der Waals surface area contributed by atoms with Gasteiger partial charge in [0.2, 0.25) is 0 Å². The molecule has 1 aliphatic carbocycles. The van der Waals surface area contributed by atoms with Crippen LogP contribution in [0.25, 0.3) is 22.2 Å². The van der Waals surface area contributed by atoms with Crippen molar-refractivity contribution in [3.63, 3.8) is 0 Å². The summed E-state index contributed by atoms with van der Waals surface area (Å²) in [5, 5.41) is 16.5. The first-order valence-corrected chi connectivity index (χ1v) is 7.90. The molecule has 0 radical (unpaired) electrons. The first-order valence-electron chi connectivity index (χ1n) is 7.90. The SMILES string of the molecule is O=C(O)c1ccc(-c2ccnc3cn[nH]c23)cc1C1CCCC1. The maximum absolute atomic E-state index is 11.6. The maximum Gasteiger partial charge on any atom is 0.335 e. The predicted molar refractivity (Wildman–Crippen MR) is 87.5 cm³/mol. The highest BCUT2D eigenvalue weighted by Gasteiger charge is 2.23. The summed E-state index contributed by atoms with van der Waals surface area (Å²) in [6, 6.07) is 7.58. The molecular formula is C18H17N3O2. The molecule has 0 aliphatic heterocycles. The van der Waals surface area contributed by atoms with E-state index < -0.39 is 5.97 Å². The van der Waals surface area contributed by atoms with Crippen molar-refractivity contribution in [3.05, 3.63) is 47.8 Å². The van der Waals surface area contributed by atoms with Crippen molar-refractivity contribution < 1.29 is 9.90 Å². The number of nitrogens with one attached hydrogen (secondary N) is 1. The number of nitrogens with zero attached hydrogens (tertiary/aromatic N) is 2. The molecule has 0 unspecified atom stereocenters. The van der Waals surface area contributed by atoms with Gasteiger partial charge in [0.15, 0.2) is 0 Å². The Hall–Kier alpha value is -2.69. The second kappa shape index (κ2) is 5.50. The van der Waals surface area contributed by atoms with E-state index in [-0.39, 0.29) is 0 Å². The van der Waals surface area contributed by atoms with Crippen molar-refractivity contribution in [2.24, 2.45) is 0 Å². The summed E-state index contributed by atoms with van der Waals surface area (Å²) in [4.78, 5) is 15.9. The molecule has 0 spiro atoms. The number of rotatable bonds is 3.